The first-order chi connectivity index (χ1) is 10.3. The van der Waals surface area contributed by atoms with Crippen LogP contribution in [-0.4, -0.2) is 38.2 Å². The maximum absolute atomic E-state index is 12.5. The topological polar surface area (TPSA) is 75.3 Å². The summed E-state index contributed by atoms with van der Waals surface area (Å²) < 4.78 is 24.8. The SMILES string of the molecule is CC1NCCCC1NC(=O)c1ccccc1S(=O)(=O)C(C)C. The molecule has 1 aromatic carbocycles. The van der Waals surface area contributed by atoms with Gasteiger partial charge in [-0.15, -0.1) is 0 Å². The Morgan fingerprint density at radius 2 is 2.00 bits per heavy atom. The van der Waals surface area contributed by atoms with E-state index in [1.165, 1.54) is 6.07 Å². The smallest absolute Gasteiger partial charge is 0.252 e. The molecule has 0 radical (unpaired) electrons. The number of benzene rings is 1. The van der Waals surface area contributed by atoms with E-state index in [0.29, 0.717) is 0 Å². The van der Waals surface area contributed by atoms with Gasteiger partial charge in [-0.05, 0) is 52.3 Å². The fourth-order valence-corrected chi connectivity index (χ4v) is 3.89. The van der Waals surface area contributed by atoms with Crippen LogP contribution < -0.4 is 10.6 Å². The number of hydrogen-bond acceptors (Lipinski definition) is 4. The van der Waals surface area contributed by atoms with E-state index in [1.807, 2.05) is 6.92 Å². The molecule has 22 heavy (non-hydrogen) atoms. The second-order valence-electron chi connectivity index (χ2n) is 6.05. The molecule has 2 atom stereocenters. The van der Waals surface area contributed by atoms with E-state index in [9.17, 15) is 13.2 Å². The van der Waals surface area contributed by atoms with Crippen molar-refractivity contribution in [1.29, 1.82) is 0 Å². The highest BCUT2D eigenvalue weighted by atomic mass is 32.2. The summed E-state index contributed by atoms with van der Waals surface area (Å²) >= 11 is 0. The van der Waals surface area contributed by atoms with Crippen LogP contribution in [0.5, 0.6) is 0 Å². The van der Waals surface area contributed by atoms with Crippen molar-refractivity contribution >= 4 is 15.7 Å². The molecule has 2 N–H and O–H groups in total. The predicted octanol–water partition coefficient (Wildman–Crippen LogP) is 1.74. The summed E-state index contributed by atoms with van der Waals surface area (Å²) in [5.74, 6) is -0.319. The number of hydrogen-bond donors (Lipinski definition) is 2. The maximum Gasteiger partial charge on any atom is 0.252 e. The quantitative estimate of drug-likeness (QED) is 0.884. The molecule has 0 aliphatic carbocycles. The molecule has 122 valence electrons. The van der Waals surface area contributed by atoms with E-state index in [2.05, 4.69) is 10.6 Å². The number of nitrogens with one attached hydrogen (secondary N) is 2. The number of rotatable bonds is 4. The standard InChI is InChI=1S/C16H24N2O3S/c1-11(2)22(20,21)15-9-5-4-7-13(15)16(19)18-14-8-6-10-17-12(14)3/h4-5,7,9,11-12,14,17H,6,8,10H2,1-3H3,(H,18,19). The average molecular weight is 324 g/mol. The fourth-order valence-electron chi connectivity index (χ4n) is 2.64. The summed E-state index contributed by atoms with van der Waals surface area (Å²) in [5, 5.41) is 5.73. The fraction of sp³-hybridized carbons (Fsp3) is 0.562. The molecule has 0 aromatic heterocycles. The lowest BCUT2D eigenvalue weighted by Crippen LogP contribution is -2.52. The molecule has 0 spiro atoms. The lowest BCUT2D eigenvalue weighted by atomic mass is 9.99. The molecule has 2 unspecified atom stereocenters. The Labute approximate surface area is 132 Å². The third-order valence-electron chi connectivity index (χ3n) is 4.14. The van der Waals surface area contributed by atoms with Crippen molar-refractivity contribution < 1.29 is 13.2 Å². The third-order valence-corrected chi connectivity index (χ3v) is 6.35. The van der Waals surface area contributed by atoms with Gasteiger partial charge in [0.25, 0.3) is 5.91 Å². The number of carbonyl (C=O) groups is 1. The average Bonchev–Trinajstić information content (AvgIpc) is 2.49. The van der Waals surface area contributed by atoms with Crippen molar-refractivity contribution in [3.63, 3.8) is 0 Å². The lowest BCUT2D eigenvalue weighted by molar-refractivity contribution is 0.0916. The molecular formula is C16H24N2O3S. The van der Waals surface area contributed by atoms with Crippen LogP contribution in [0.1, 0.15) is 44.0 Å². The van der Waals surface area contributed by atoms with Gasteiger partial charge < -0.3 is 10.6 Å². The largest absolute Gasteiger partial charge is 0.348 e. The molecule has 5 nitrogen and oxygen atoms in total. The second-order valence-corrected chi connectivity index (χ2v) is 8.53. The Balaban J connectivity index is 2.27. The molecule has 0 bridgehead atoms. The van der Waals surface area contributed by atoms with Crippen LogP contribution in [0.4, 0.5) is 0 Å². The maximum atomic E-state index is 12.5. The zero-order valence-electron chi connectivity index (χ0n) is 13.3. The van der Waals surface area contributed by atoms with E-state index >= 15 is 0 Å². The van der Waals surface area contributed by atoms with E-state index in [4.69, 9.17) is 0 Å². The summed E-state index contributed by atoms with van der Waals surface area (Å²) in [7, 11) is -3.48. The molecule has 1 amide bonds. The highest BCUT2D eigenvalue weighted by molar-refractivity contribution is 7.92. The van der Waals surface area contributed by atoms with Crippen LogP contribution in [0.3, 0.4) is 0 Å². The zero-order valence-corrected chi connectivity index (χ0v) is 14.1. The molecule has 0 saturated carbocycles. The van der Waals surface area contributed by atoms with Gasteiger partial charge in [0.1, 0.15) is 0 Å². The van der Waals surface area contributed by atoms with Crippen molar-refractivity contribution in [1.82, 2.24) is 10.6 Å². The first-order valence-corrected chi connectivity index (χ1v) is 9.26. The van der Waals surface area contributed by atoms with Gasteiger partial charge in [0, 0.05) is 12.1 Å². The number of amides is 1. The minimum Gasteiger partial charge on any atom is -0.348 e. The van der Waals surface area contributed by atoms with E-state index in [0.717, 1.165) is 19.4 Å². The number of carbonyl (C=O) groups excluding carboxylic acids is 1. The molecule has 1 aliphatic rings. The van der Waals surface area contributed by atoms with Gasteiger partial charge in [-0.25, -0.2) is 8.42 Å². The van der Waals surface area contributed by atoms with Gasteiger partial charge in [0.15, 0.2) is 9.84 Å². The van der Waals surface area contributed by atoms with Crippen LogP contribution in [0.2, 0.25) is 0 Å². The molecular weight excluding hydrogens is 300 g/mol. The Bertz CT molecular complexity index is 641. The van der Waals surface area contributed by atoms with Gasteiger partial charge >= 0.3 is 0 Å². The Hall–Kier alpha value is -1.40. The molecule has 1 fully saturated rings. The van der Waals surface area contributed by atoms with Crippen LogP contribution >= 0.6 is 0 Å². The minimum atomic E-state index is -3.48. The predicted molar refractivity (Wildman–Crippen MR) is 86.7 cm³/mol. The van der Waals surface area contributed by atoms with Gasteiger partial charge in [-0.3, -0.25) is 4.79 Å². The van der Waals surface area contributed by atoms with Crippen molar-refractivity contribution in [2.24, 2.45) is 0 Å². The summed E-state index contributed by atoms with van der Waals surface area (Å²) in [6, 6.07) is 6.63. The second kappa shape index (κ2) is 6.79. The summed E-state index contributed by atoms with van der Waals surface area (Å²) in [6.45, 7) is 6.22. The number of sulfone groups is 1. The summed E-state index contributed by atoms with van der Waals surface area (Å²) in [6.07, 6.45) is 1.90. The monoisotopic (exact) mass is 324 g/mol. The molecule has 1 heterocycles. The van der Waals surface area contributed by atoms with E-state index < -0.39 is 15.1 Å². The van der Waals surface area contributed by atoms with Gasteiger partial charge in [-0.1, -0.05) is 12.1 Å². The molecule has 1 aromatic rings. The van der Waals surface area contributed by atoms with Crippen molar-refractivity contribution in [3.05, 3.63) is 29.8 Å². The first-order valence-electron chi connectivity index (χ1n) is 7.71. The zero-order chi connectivity index (χ0) is 16.3. The van der Waals surface area contributed by atoms with Crippen LogP contribution in [0.25, 0.3) is 0 Å². The number of piperidine rings is 1. The molecule has 1 aliphatic heterocycles. The minimum absolute atomic E-state index is 0.0241. The molecule has 6 heteroatoms. The highest BCUT2D eigenvalue weighted by Gasteiger charge is 2.28. The van der Waals surface area contributed by atoms with E-state index in [1.54, 1.807) is 32.0 Å². The van der Waals surface area contributed by atoms with Gasteiger partial charge in [0.2, 0.25) is 0 Å². The first kappa shape index (κ1) is 17.0. The van der Waals surface area contributed by atoms with Gasteiger partial charge in [-0.2, -0.15) is 0 Å². The third kappa shape index (κ3) is 3.50. The van der Waals surface area contributed by atoms with Crippen molar-refractivity contribution in [2.75, 3.05) is 6.54 Å². The highest BCUT2D eigenvalue weighted by Crippen LogP contribution is 2.21. The molecule has 1 saturated heterocycles. The Kier molecular flexibility index (Phi) is 5.24. The van der Waals surface area contributed by atoms with Crippen LogP contribution in [0, 0.1) is 0 Å². The summed E-state index contributed by atoms with van der Waals surface area (Å²) in [5.41, 5.74) is 0.231. The van der Waals surface area contributed by atoms with Crippen molar-refractivity contribution in [3.8, 4) is 0 Å². The lowest BCUT2D eigenvalue weighted by Gasteiger charge is -2.30. The Morgan fingerprint density at radius 3 is 2.64 bits per heavy atom. The van der Waals surface area contributed by atoms with Crippen LogP contribution in [-0.2, 0) is 9.84 Å². The van der Waals surface area contributed by atoms with E-state index in [-0.39, 0.29) is 28.4 Å². The van der Waals surface area contributed by atoms with Gasteiger partial charge in [0.05, 0.1) is 15.7 Å². The normalized spacial score (nSPS) is 22.5. The summed E-state index contributed by atoms with van der Waals surface area (Å²) in [4.78, 5) is 12.7. The van der Waals surface area contributed by atoms with Crippen molar-refractivity contribution in [2.45, 2.75) is 55.8 Å². The Morgan fingerprint density at radius 1 is 1.32 bits per heavy atom. The van der Waals surface area contributed by atoms with Crippen LogP contribution in [0.15, 0.2) is 29.2 Å². The molecule has 2 rings (SSSR count).